The van der Waals surface area contributed by atoms with Gasteiger partial charge in [-0.05, 0) is 49.9 Å². The van der Waals surface area contributed by atoms with Crippen molar-refractivity contribution in [1.82, 2.24) is 0 Å². The summed E-state index contributed by atoms with van der Waals surface area (Å²) in [5.41, 5.74) is 0.761. The molecular weight excluding hydrogens is 266 g/mol. The van der Waals surface area contributed by atoms with Crippen molar-refractivity contribution < 1.29 is 4.39 Å². The summed E-state index contributed by atoms with van der Waals surface area (Å²) in [4.78, 5) is 0. The Morgan fingerprint density at radius 1 is 1.50 bits per heavy atom. The molecular formula is C11H13BrClF. The Balaban J connectivity index is 2.53. The molecule has 1 atom stereocenters. The molecule has 14 heavy (non-hydrogen) atoms. The van der Waals surface area contributed by atoms with E-state index in [4.69, 9.17) is 11.6 Å². The first-order chi connectivity index (χ1) is 6.59. The van der Waals surface area contributed by atoms with E-state index in [0.717, 1.165) is 29.3 Å². The molecule has 0 saturated carbocycles. The molecule has 1 aromatic carbocycles. The zero-order valence-electron chi connectivity index (χ0n) is 8.06. The highest BCUT2D eigenvalue weighted by Crippen LogP contribution is 2.18. The highest BCUT2D eigenvalue weighted by Gasteiger charge is 2.03. The van der Waals surface area contributed by atoms with Crippen LogP contribution in [0.5, 0.6) is 0 Å². The lowest BCUT2D eigenvalue weighted by atomic mass is 10.1. The van der Waals surface area contributed by atoms with Gasteiger partial charge in [0.15, 0.2) is 0 Å². The highest BCUT2D eigenvalue weighted by atomic mass is 79.9. The molecule has 0 nitrogen and oxygen atoms in total. The van der Waals surface area contributed by atoms with Gasteiger partial charge in [-0.3, -0.25) is 0 Å². The Morgan fingerprint density at radius 3 is 2.86 bits per heavy atom. The standard InChI is InChI=1S/C11H13BrClF/c1-8(13)3-2-4-9-7-10(12)5-6-11(9)14/h5-8H,2-4H2,1H3. The largest absolute Gasteiger partial charge is 0.207 e. The van der Waals surface area contributed by atoms with Crippen molar-refractivity contribution in [2.75, 3.05) is 0 Å². The van der Waals surface area contributed by atoms with Gasteiger partial charge < -0.3 is 0 Å². The third kappa shape index (κ3) is 3.97. The minimum atomic E-state index is -0.129. The smallest absolute Gasteiger partial charge is 0.126 e. The maximum atomic E-state index is 13.2. The zero-order chi connectivity index (χ0) is 10.6. The van der Waals surface area contributed by atoms with Gasteiger partial charge in [0.2, 0.25) is 0 Å². The van der Waals surface area contributed by atoms with Crippen LogP contribution >= 0.6 is 27.5 Å². The van der Waals surface area contributed by atoms with Crippen molar-refractivity contribution in [3.05, 3.63) is 34.1 Å². The van der Waals surface area contributed by atoms with Crippen LogP contribution in [0.1, 0.15) is 25.3 Å². The van der Waals surface area contributed by atoms with E-state index in [2.05, 4.69) is 15.9 Å². The second-order valence-electron chi connectivity index (χ2n) is 3.41. The average Bonchev–Trinajstić information content (AvgIpc) is 2.10. The Labute approximate surface area is 97.6 Å². The second kappa shape index (κ2) is 5.72. The van der Waals surface area contributed by atoms with E-state index >= 15 is 0 Å². The molecule has 0 aliphatic rings. The van der Waals surface area contributed by atoms with E-state index in [-0.39, 0.29) is 11.2 Å². The maximum Gasteiger partial charge on any atom is 0.126 e. The Hall–Kier alpha value is -0.0800. The van der Waals surface area contributed by atoms with Crippen molar-refractivity contribution >= 4 is 27.5 Å². The van der Waals surface area contributed by atoms with Crippen LogP contribution in [0, 0.1) is 5.82 Å². The topological polar surface area (TPSA) is 0 Å². The predicted molar refractivity (Wildman–Crippen MR) is 62.4 cm³/mol. The van der Waals surface area contributed by atoms with Gasteiger partial charge in [-0.25, -0.2) is 4.39 Å². The van der Waals surface area contributed by atoms with Crippen LogP contribution < -0.4 is 0 Å². The Bertz CT molecular complexity index is 299. The Morgan fingerprint density at radius 2 is 2.21 bits per heavy atom. The molecule has 1 aromatic rings. The van der Waals surface area contributed by atoms with Crippen molar-refractivity contribution in [1.29, 1.82) is 0 Å². The van der Waals surface area contributed by atoms with Crippen LogP contribution in [0.4, 0.5) is 4.39 Å². The van der Waals surface area contributed by atoms with Crippen molar-refractivity contribution in [3.63, 3.8) is 0 Å². The van der Waals surface area contributed by atoms with Gasteiger partial charge >= 0.3 is 0 Å². The van der Waals surface area contributed by atoms with Crippen LogP contribution in [0.15, 0.2) is 22.7 Å². The van der Waals surface area contributed by atoms with Crippen LogP contribution in [0.3, 0.4) is 0 Å². The van der Waals surface area contributed by atoms with E-state index in [1.54, 1.807) is 6.07 Å². The number of benzene rings is 1. The van der Waals surface area contributed by atoms with Gasteiger partial charge in [0.25, 0.3) is 0 Å². The third-order valence-corrected chi connectivity index (χ3v) is 2.77. The molecule has 78 valence electrons. The molecule has 1 rings (SSSR count). The van der Waals surface area contributed by atoms with Gasteiger partial charge in [0.05, 0.1) is 0 Å². The monoisotopic (exact) mass is 278 g/mol. The fourth-order valence-electron chi connectivity index (χ4n) is 1.31. The molecule has 0 bridgehead atoms. The first-order valence-corrected chi connectivity index (χ1v) is 5.90. The first kappa shape index (κ1) is 12.0. The third-order valence-electron chi connectivity index (χ3n) is 2.06. The summed E-state index contributed by atoms with van der Waals surface area (Å²) in [6.45, 7) is 1.96. The van der Waals surface area contributed by atoms with Crippen LogP contribution in [0.25, 0.3) is 0 Å². The summed E-state index contributed by atoms with van der Waals surface area (Å²) < 4.78 is 14.2. The van der Waals surface area contributed by atoms with Crippen molar-refractivity contribution in [2.45, 2.75) is 31.6 Å². The minimum Gasteiger partial charge on any atom is -0.207 e. The molecule has 0 fully saturated rings. The fourth-order valence-corrected chi connectivity index (χ4v) is 1.87. The van der Waals surface area contributed by atoms with Gasteiger partial charge in [0, 0.05) is 9.85 Å². The molecule has 0 aliphatic carbocycles. The van der Waals surface area contributed by atoms with E-state index in [1.165, 1.54) is 6.07 Å². The van der Waals surface area contributed by atoms with Gasteiger partial charge in [-0.2, -0.15) is 0 Å². The molecule has 0 aliphatic heterocycles. The summed E-state index contributed by atoms with van der Waals surface area (Å²) in [5.74, 6) is -0.129. The van der Waals surface area contributed by atoms with Crippen molar-refractivity contribution in [3.8, 4) is 0 Å². The molecule has 1 unspecified atom stereocenters. The normalized spacial score (nSPS) is 12.9. The molecule has 0 spiro atoms. The molecule has 0 aromatic heterocycles. The molecule has 3 heteroatoms. The molecule has 0 saturated heterocycles. The lowest BCUT2D eigenvalue weighted by Gasteiger charge is -2.05. The summed E-state index contributed by atoms with van der Waals surface area (Å²) in [5, 5.41) is 0.171. The quantitative estimate of drug-likeness (QED) is 0.710. The van der Waals surface area contributed by atoms with E-state index < -0.39 is 0 Å². The molecule has 0 N–H and O–H groups in total. The number of hydrogen-bond acceptors (Lipinski definition) is 0. The van der Waals surface area contributed by atoms with Crippen LogP contribution in [-0.2, 0) is 6.42 Å². The fraction of sp³-hybridized carbons (Fsp3) is 0.455. The zero-order valence-corrected chi connectivity index (χ0v) is 10.4. The summed E-state index contributed by atoms with van der Waals surface area (Å²) in [6.07, 6.45) is 2.61. The van der Waals surface area contributed by atoms with Gasteiger partial charge in [-0.1, -0.05) is 15.9 Å². The summed E-state index contributed by atoms with van der Waals surface area (Å²) in [7, 11) is 0. The number of aryl methyl sites for hydroxylation is 1. The predicted octanol–water partition coefficient (Wildman–Crippen LogP) is 4.54. The summed E-state index contributed by atoms with van der Waals surface area (Å²) in [6, 6.07) is 5.03. The first-order valence-electron chi connectivity index (χ1n) is 4.67. The number of halogens is 3. The number of hydrogen-bond donors (Lipinski definition) is 0. The molecule has 0 radical (unpaired) electrons. The van der Waals surface area contributed by atoms with E-state index in [0.29, 0.717) is 0 Å². The maximum absolute atomic E-state index is 13.2. The molecule has 0 heterocycles. The van der Waals surface area contributed by atoms with Crippen LogP contribution in [0.2, 0.25) is 0 Å². The molecule has 0 amide bonds. The SMILES string of the molecule is CC(Cl)CCCc1cc(Br)ccc1F. The van der Waals surface area contributed by atoms with E-state index in [9.17, 15) is 4.39 Å². The van der Waals surface area contributed by atoms with Crippen LogP contribution in [-0.4, -0.2) is 5.38 Å². The number of rotatable bonds is 4. The lowest BCUT2D eigenvalue weighted by molar-refractivity contribution is 0.599. The van der Waals surface area contributed by atoms with E-state index in [1.807, 2.05) is 13.0 Å². The minimum absolute atomic E-state index is 0.129. The van der Waals surface area contributed by atoms with Crippen molar-refractivity contribution in [2.24, 2.45) is 0 Å². The Kier molecular flexibility index (Phi) is 4.90. The summed E-state index contributed by atoms with van der Waals surface area (Å²) >= 11 is 9.14. The van der Waals surface area contributed by atoms with Gasteiger partial charge in [-0.15, -0.1) is 11.6 Å². The number of alkyl halides is 1. The average molecular weight is 280 g/mol. The van der Waals surface area contributed by atoms with Gasteiger partial charge in [0.1, 0.15) is 5.82 Å². The second-order valence-corrected chi connectivity index (χ2v) is 5.07. The lowest BCUT2D eigenvalue weighted by Crippen LogP contribution is -1.95. The highest BCUT2D eigenvalue weighted by molar-refractivity contribution is 9.10.